The Hall–Kier alpha value is -1.14. The number of carboxylic acid groups (broad SMARTS) is 2. The summed E-state index contributed by atoms with van der Waals surface area (Å²) in [4.78, 5) is 23.0. The van der Waals surface area contributed by atoms with Crippen LogP contribution < -0.4 is 5.32 Å². The first kappa shape index (κ1) is 13.9. The summed E-state index contributed by atoms with van der Waals surface area (Å²) in [5.74, 6) is -1.18. The summed E-state index contributed by atoms with van der Waals surface area (Å²) in [7, 11) is 0. The van der Waals surface area contributed by atoms with Gasteiger partial charge in [0.2, 0.25) is 0 Å². The zero-order chi connectivity index (χ0) is 12.7. The van der Waals surface area contributed by atoms with E-state index in [1.165, 1.54) is 0 Å². The first-order chi connectivity index (χ1) is 8.08. The van der Waals surface area contributed by atoms with Crippen LogP contribution in [0, 0.1) is 5.92 Å². The Morgan fingerprint density at radius 1 is 1.29 bits per heavy atom. The van der Waals surface area contributed by atoms with E-state index in [0.29, 0.717) is 19.0 Å². The number of carbonyl (C=O) groups is 2. The number of aliphatic carboxylic acids is 2. The highest BCUT2D eigenvalue weighted by atomic mass is 16.4. The first-order valence-electron chi connectivity index (χ1n) is 5.94. The van der Waals surface area contributed by atoms with Crippen molar-refractivity contribution in [2.24, 2.45) is 5.92 Å². The van der Waals surface area contributed by atoms with E-state index in [2.05, 4.69) is 10.2 Å². The average Bonchev–Trinajstić information content (AvgIpc) is 2.26. The van der Waals surface area contributed by atoms with Gasteiger partial charge in [-0.3, -0.25) is 9.59 Å². The van der Waals surface area contributed by atoms with Gasteiger partial charge in [-0.15, -0.1) is 0 Å². The molecule has 1 heterocycles. The zero-order valence-corrected chi connectivity index (χ0v) is 9.89. The molecule has 0 aromatic rings. The van der Waals surface area contributed by atoms with Crippen LogP contribution in [0.15, 0.2) is 0 Å². The molecule has 1 fully saturated rings. The highest BCUT2D eigenvalue weighted by Gasteiger charge is 2.19. The van der Waals surface area contributed by atoms with Crippen LogP contribution in [0.1, 0.15) is 19.3 Å². The summed E-state index contributed by atoms with van der Waals surface area (Å²) in [6.45, 7) is 3.08. The summed E-state index contributed by atoms with van der Waals surface area (Å²) < 4.78 is 0. The fraction of sp³-hybridized carbons (Fsp3) is 0.818. The molecule has 0 spiro atoms. The molecule has 0 aromatic carbocycles. The molecule has 1 unspecified atom stereocenters. The third kappa shape index (κ3) is 6.23. The van der Waals surface area contributed by atoms with E-state index in [1.54, 1.807) is 0 Å². The highest BCUT2D eigenvalue weighted by Crippen LogP contribution is 2.15. The minimum Gasteiger partial charge on any atom is -0.481 e. The highest BCUT2D eigenvalue weighted by molar-refractivity contribution is 5.69. The van der Waals surface area contributed by atoms with E-state index in [1.807, 2.05) is 0 Å². The van der Waals surface area contributed by atoms with E-state index in [4.69, 9.17) is 10.2 Å². The SMILES string of the molecule is O=C(O)CCN1CCCC(CNCC(=O)O)C1. The van der Waals surface area contributed by atoms with Crippen molar-refractivity contribution in [3.8, 4) is 0 Å². The lowest BCUT2D eigenvalue weighted by Gasteiger charge is -2.32. The van der Waals surface area contributed by atoms with Crippen molar-refractivity contribution in [3.63, 3.8) is 0 Å². The molecule has 17 heavy (non-hydrogen) atoms. The Morgan fingerprint density at radius 2 is 2.06 bits per heavy atom. The zero-order valence-electron chi connectivity index (χ0n) is 9.89. The molecule has 1 aliphatic rings. The molecular weight excluding hydrogens is 224 g/mol. The number of hydrogen-bond donors (Lipinski definition) is 3. The van der Waals surface area contributed by atoms with Crippen molar-refractivity contribution in [1.29, 1.82) is 0 Å². The summed E-state index contributed by atoms with van der Waals surface area (Å²) in [6.07, 6.45) is 2.31. The van der Waals surface area contributed by atoms with E-state index in [9.17, 15) is 9.59 Å². The fourth-order valence-corrected chi connectivity index (χ4v) is 2.16. The van der Waals surface area contributed by atoms with Crippen molar-refractivity contribution in [2.75, 3.05) is 32.7 Å². The summed E-state index contributed by atoms with van der Waals surface area (Å²) in [6, 6.07) is 0. The van der Waals surface area contributed by atoms with Crippen molar-refractivity contribution in [1.82, 2.24) is 10.2 Å². The molecule has 1 atom stereocenters. The van der Waals surface area contributed by atoms with Gasteiger partial charge >= 0.3 is 11.9 Å². The minimum atomic E-state index is -0.844. The van der Waals surface area contributed by atoms with Gasteiger partial charge in [-0.1, -0.05) is 0 Å². The topological polar surface area (TPSA) is 89.9 Å². The Labute approximate surface area is 101 Å². The average molecular weight is 244 g/mol. The van der Waals surface area contributed by atoms with Crippen LogP contribution in [0.5, 0.6) is 0 Å². The maximum Gasteiger partial charge on any atom is 0.317 e. The maximum absolute atomic E-state index is 10.5. The van der Waals surface area contributed by atoms with Gasteiger partial charge in [-0.05, 0) is 31.8 Å². The lowest BCUT2D eigenvalue weighted by Crippen LogP contribution is -2.41. The normalized spacial score (nSPS) is 21.3. The number of rotatable bonds is 7. The second kappa shape index (κ2) is 7.24. The van der Waals surface area contributed by atoms with Crippen LogP contribution >= 0.6 is 0 Å². The van der Waals surface area contributed by atoms with Crippen molar-refractivity contribution < 1.29 is 19.8 Å². The van der Waals surface area contributed by atoms with Crippen LogP contribution in [0.25, 0.3) is 0 Å². The molecule has 6 nitrogen and oxygen atoms in total. The predicted molar refractivity (Wildman–Crippen MR) is 61.9 cm³/mol. The molecule has 0 aromatic heterocycles. The van der Waals surface area contributed by atoms with Gasteiger partial charge < -0.3 is 20.4 Å². The Bertz CT molecular complexity index is 270. The second-order valence-electron chi connectivity index (χ2n) is 4.48. The second-order valence-corrected chi connectivity index (χ2v) is 4.48. The summed E-state index contributed by atoms with van der Waals surface area (Å²) in [5, 5.41) is 20.0. The van der Waals surface area contributed by atoms with Crippen LogP contribution in [-0.2, 0) is 9.59 Å². The first-order valence-corrected chi connectivity index (χ1v) is 5.94. The quantitative estimate of drug-likeness (QED) is 0.577. The Kier molecular flexibility index (Phi) is 5.93. The lowest BCUT2D eigenvalue weighted by atomic mass is 9.98. The molecule has 98 valence electrons. The molecule has 1 saturated heterocycles. The molecule has 0 saturated carbocycles. The number of likely N-dealkylation sites (tertiary alicyclic amines) is 1. The van der Waals surface area contributed by atoms with Crippen LogP contribution in [0.2, 0.25) is 0 Å². The molecule has 0 radical (unpaired) electrons. The summed E-state index contributed by atoms with van der Waals surface area (Å²) in [5.41, 5.74) is 0. The molecule has 0 bridgehead atoms. The lowest BCUT2D eigenvalue weighted by molar-refractivity contribution is -0.138. The van der Waals surface area contributed by atoms with Gasteiger partial charge in [-0.2, -0.15) is 0 Å². The molecule has 1 rings (SSSR count). The van der Waals surface area contributed by atoms with E-state index in [-0.39, 0.29) is 13.0 Å². The molecule has 0 amide bonds. The third-order valence-corrected chi connectivity index (χ3v) is 2.95. The monoisotopic (exact) mass is 244 g/mol. The number of hydrogen-bond acceptors (Lipinski definition) is 4. The molecule has 1 aliphatic heterocycles. The van der Waals surface area contributed by atoms with Crippen LogP contribution in [0.3, 0.4) is 0 Å². The van der Waals surface area contributed by atoms with E-state index < -0.39 is 11.9 Å². The van der Waals surface area contributed by atoms with Gasteiger partial charge in [0, 0.05) is 13.1 Å². The van der Waals surface area contributed by atoms with E-state index in [0.717, 1.165) is 25.9 Å². The number of piperidine rings is 1. The number of carboxylic acids is 2. The number of nitrogens with zero attached hydrogens (tertiary/aromatic N) is 1. The van der Waals surface area contributed by atoms with Gasteiger partial charge in [0.05, 0.1) is 13.0 Å². The summed E-state index contributed by atoms with van der Waals surface area (Å²) >= 11 is 0. The van der Waals surface area contributed by atoms with E-state index >= 15 is 0 Å². The molecule has 0 aliphatic carbocycles. The van der Waals surface area contributed by atoms with Gasteiger partial charge in [0.1, 0.15) is 0 Å². The van der Waals surface area contributed by atoms with Crippen LogP contribution in [-0.4, -0.2) is 59.8 Å². The van der Waals surface area contributed by atoms with Crippen molar-refractivity contribution in [3.05, 3.63) is 0 Å². The Morgan fingerprint density at radius 3 is 2.71 bits per heavy atom. The number of nitrogens with one attached hydrogen (secondary N) is 1. The smallest absolute Gasteiger partial charge is 0.317 e. The third-order valence-electron chi connectivity index (χ3n) is 2.95. The molecule has 6 heteroatoms. The maximum atomic E-state index is 10.5. The van der Waals surface area contributed by atoms with Gasteiger partial charge in [0.25, 0.3) is 0 Å². The van der Waals surface area contributed by atoms with Gasteiger partial charge in [-0.25, -0.2) is 0 Å². The van der Waals surface area contributed by atoms with Crippen molar-refractivity contribution in [2.45, 2.75) is 19.3 Å². The standard InChI is InChI=1S/C11H20N2O4/c14-10(15)3-5-13-4-1-2-9(8-13)6-12-7-11(16)17/h9,12H,1-8H2,(H,14,15)(H,16,17). The molecular formula is C11H20N2O4. The van der Waals surface area contributed by atoms with Gasteiger partial charge in [0.15, 0.2) is 0 Å². The van der Waals surface area contributed by atoms with Crippen LogP contribution in [0.4, 0.5) is 0 Å². The minimum absolute atomic E-state index is 0.00831. The largest absolute Gasteiger partial charge is 0.481 e. The van der Waals surface area contributed by atoms with Crippen molar-refractivity contribution >= 4 is 11.9 Å². The predicted octanol–water partition coefficient (Wildman–Crippen LogP) is -0.153. The fourth-order valence-electron chi connectivity index (χ4n) is 2.16. The Balaban J connectivity index is 2.19. The molecule has 3 N–H and O–H groups in total.